The van der Waals surface area contributed by atoms with Gasteiger partial charge in [-0.3, -0.25) is 0 Å². The third-order valence-corrected chi connectivity index (χ3v) is 8.77. The Balaban J connectivity index is 2.38. The van der Waals surface area contributed by atoms with Crippen molar-refractivity contribution in [3.8, 4) is 0 Å². The first-order valence-corrected chi connectivity index (χ1v) is 8.82. The molecule has 1 aromatic rings. The summed E-state index contributed by atoms with van der Waals surface area (Å²) in [5, 5.41) is 2.16. The van der Waals surface area contributed by atoms with Gasteiger partial charge in [-0.05, 0) is 0 Å². The maximum absolute atomic E-state index is 3.72. The van der Waals surface area contributed by atoms with Crippen LogP contribution in [0.15, 0.2) is 30.2 Å². The molecule has 1 aromatic heterocycles. The third kappa shape index (κ3) is 2.54. The molecule has 0 N–H and O–H groups in total. The van der Waals surface area contributed by atoms with E-state index in [1.807, 2.05) is 11.3 Å². The molecule has 0 amide bonds. The van der Waals surface area contributed by atoms with E-state index < -0.39 is 21.1 Å². The average molecular weight is 245 g/mol. The standard InChI is InChI=1S/C4H3S.C3H5.Sn.2H/c1-2-4-5-3-1;1-3-2;;;/h1-3H;3H,1-2H2;;;. The molecule has 0 spiro atoms. The minimum absolute atomic E-state index is 0.544. The Morgan fingerprint density at radius 3 is 3.22 bits per heavy atom. The van der Waals surface area contributed by atoms with E-state index in [0.29, 0.717) is 0 Å². The first-order chi connectivity index (χ1) is 4.43. The maximum atomic E-state index is 3.72. The molecule has 0 saturated heterocycles. The molecule has 0 aliphatic heterocycles. The fraction of sp³-hybridized carbons (Fsp3) is 0.143. The first kappa shape index (κ1) is 7.35. The molecule has 0 radical (unpaired) electrons. The Hall–Kier alpha value is 0.239. The summed E-state index contributed by atoms with van der Waals surface area (Å²) in [4.78, 5) is 0. The predicted molar refractivity (Wildman–Crippen MR) is 47.5 cm³/mol. The zero-order valence-corrected chi connectivity index (χ0v) is 10.2. The van der Waals surface area contributed by atoms with E-state index in [-0.39, 0.29) is 0 Å². The van der Waals surface area contributed by atoms with E-state index in [1.54, 1.807) is 2.89 Å². The molecule has 0 aliphatic rings. The molecule has 48 valence electrons. The summed E-state index contributed by atoms with van der Waals surface area (Å²) >= 11 is 1.36. The summed E-state index contributed by atoms with van der Waals surface area (Å²) in [6, 6.07) is 4.39. The third-order valence-electron chi connectivity index (χ3n) is 1.17. The molecule has 1 heterocycles. The summed E-state index contributed by atoms with van der Waals surface area (Å²) in [7, 11) is 0. The van der Waals surface area contributed by atoms with Crippen molar-refractivity contribution in [2.75, 3.05) is 0 Å². The fourth-order valence-corrected chi connectivity index (χ4v) is 6.19. The van der Waals surface area contributed by atoms with Gasteiger partial charge in [0.25, 0.3) is 0 Å². The van der Waals surface area contributed by atoms with Crippen LogP contribution >= 0.6 is 11.3 Å². The van der Waals surface area contributed by atoms with Gasteiger partial charge < -0.3 is 0 Å². The summed E-state index contributed by atoms with van der Waals surface area (Å²) < 4.78 is 2.97. The molecular weight excluding hydrogens is 235 g/mol. The van der Waals surface area contributed by atoms with Crippen molar-refractivity contribution in [1.29, 1.82) is 0 Å². The molecule has 0 aliphatic carbocycles. The van der Waals surface area contributed by atoms with E-state index >= 15 is 0 Å². The molecule has 0 unspecified atom stereocenters. The minimum atomic E-state index is -0.544. The van der Waals surface area contributed by atoms with Crippen molar-refractivity contribution in [3.63, 3.8) is 0 Å². The number of allylic oxidation sites excluding steroid dienone is 1. The van der Waals surface area contributed by atoms with Gasteiger partial charge in [-0.1, -0.05) is 0 Å². The van der Waals surface area contributed by atoms with E-state index in [2.05, 4.69) is 30.2 Å². The zero-order chi connectivity index (χ0) is 6.53. The molecule has 0 nitrogen and oxygen atoms in total. The Morgan fingerprint density at radius 2 is 2.67 bits per heavy atom. The van der Waals surface area contributed by atoms with E-state index in [9.17, 15) is 0 Å². The van der Waals surface area contributed by atoms with Gasteiger partial charge in [-0.15, -0.1) is 0 Å². The molecule has 1 rings (SSSR count). The van der Waals surface area contributed by atoms with Gasteiger partial charge in [0.1, 0.15) is 0 Å². The van der Waals surface area contributed by atoms with Gasteiger partial charge in [0, 0.05) is 0 Å². The Kier molecular flexibility index (Phi) is 3.36. The number of hydrogen-bond acceptors (Lipinski definition) is 1. The van der Waals surface area contributed by atoms with Crippen molar-refractivity contribution >= 4 is 35.4 Å². The fourth-order valence-electron chi connectivity index (χ4n) is 0.699. The molecule has 0 saturated carbocycles. The summed E-state index contributed by atoms with van der Waals surface area (Å²) in [6.07, 6.45) is 2.05. The normalized spacial score (nSPS) is 10.7. The topological polar surface area (TPSA) is 0 Å². The second-order valence-corrected chi connectivity index (χ2v) is 9.65. The van der Waals surface area contributed by atoms with E-state index in [0.717, 1.165) is 0 Å². The molecule has 2 heteroatoms. The number of thiophene rings is 1. The van der Waals surface area contributed by atoms with Crippen LogP contribution in [0.4, 0.5) is 0 Å². The van der Waals surface area contributed by atoms with Crippen LogP contribution in [0, 0.1) is 0 Å². The zero-order valence-electron chi connectivity index (χ0n) is 5.34. The monoisotopic (exact) mass is 246 g/mol. The number of hydrogen-bond donors (Lipinski definition) is 0. The molecule has 0 aromatic carbocycles. The first-order valence-electron chi connectivity index (χ1n) is 3.07. The van der Waals surface area contributed by atoms with Crippen molar-refractivity contribution in [3.05, 3.63) is 30.2 Å². The van der Waals surface area contributed by atoms with Crippen molar-refractivity contribution < 1.29 is 0 Å². The van der Waals surface area contributed by atoms with Crippen molar-refractivity contribution in [2.24, 2.45) is 0 Å². The average Bonchev–Trinajstić information content (AvgIpc) is 2.34. The van der Waals surface area contributed by atoms with Gasteiger partial charge in [-0.25, -0.2) is 0 Å². The van der Waals surface area contributed by atoms with Gasteiger partial charge in [0.05, 0.1) is 0 Å². The quantitative estimate of drug-likeness (QED) is 0.553. The Labute approximate surface area is 69.8 Å². The summed E-state index contributed by atoms with van der Waals surface area (Å²) in [6.45, 7) is 3.72. The van der Waals surface area contributed by atoms with Crippen LogP contribution in [-0.4, -0.2) is 21.1 Å². The van der Waals surface area contributed by atoms with Crippen LogP contribution in [-0.2, 0) is 0 Å². The molecule has 0 bridgehead atoms. The van der Waals surface area contributed by atoms with Crippen molar-refractivity contribution in [2.45, 2.75) is 4.44 Å². The van der Waals surface area contributed by atoms with E-state index in [1.165, 1.54) is 4.44 Å². The molecular formula is C7H10SSn. The van der Waals surface area contributed by atoms with Crippen LogP contribution in [0.5, 0.6) is 0 Å². The second-order valence-electron chi connectivity index (χ2n) is 1.91. The summed E-state index contributed by atoms with van der Waals surface area (Å²) in [5.74, 6) is 0. The molecule has 0 atom stereocenters. The van der Waals surface area contributed by atoms with Crippen LogP contribution in [0.25, 0.3) is 0 Å². The number of rotatable bonds is 3. The van der Waals surface area contributed by atoms with Gasteiger partial charge in [-0.2, -0.15) is 0 Å². The van der Waals surface area contributed by atoms with Crippen LogP contribution < -0.4 is 2.89 Å². The van der Waals surface area contributed by atoms with Crippen molar-refractivity contribution in [1.82, 2.24) is 0 Å². The predicted octanol–water partition coefficient (Wildman–Crippen LogP) is 1.15. The SMILES string of the molecule is C=C[CH2][SnH2][c]1cccs1. The molecule has 0 fully saturated rings. The molecule has 9 heavy (non-hydrogen) atoms. The van der Waals surface area contributed by atoms with Gasteiger partial charge in [0.15, 0.2) is 0 Å². The van der Waals surface area contributed by atoms with E-state index in [4.69, 9.17) is 0 Å². The van der Waals surface area contributed by atoms with Gasteiger partial charge >= 0.3 is 70.0 Å². The van der Waals surface area contributed by atoms with Crippen LogP contribution in [0.2, 0.25) is 4.44 Å². The summed E-state index contributed by atoms with van der Waals surface area (Å²) in [5.41, 5.74) is 0. The Morgan fingerprint density at radius 1 is 1.78 bits per heavy atom. The second kappa shape index (κ2) is 4.12. The van der Waals surface area contributed by atoms with Crippen LogP contribution in [0.1, 0.15) is 0 Å². The van der Waals surface area contributed by atoms with Gasteiger partial charge in [0.2, 0.25) is 0 Å². The Bertz CT molecular complexity index is 167. The van der Waals surface area contributed by atoms with Crippen LogP contribution in [0.3, 0.4) is 0 Å².